The van der Waals surface area contributed by atoms with Gasteiger partial charge in [0.2, 0.25) is 5.91 Å². The van der Waals surface area contributed by atoms with Crippen molar-refractivity contribution in [2.24, 2.45) is 0 Å². The van der Waals surface area contributed by atoms with Crippen LogP contribution in [0.25, 0.3) is 17.4 Å². The van der Waals surface area contributed by atoms with Crippen LogP contribution in [-0.4, -0.2) is 45.0 Å². The van der Waals surface area contributed by atoms with E-state index < -0.39 is 11.7 Å². The summed E-state index contributed by atoms with van der Waals surface area (Å²) in [4.78, 5) is 46.3. The first kappa shape index (κ1) is 22.4. The number of oxazole rings is 1. The van der Waals surface area contributed by atoms with Gasteiger partial charge in [-0.25, -0.2) is 9.37 Å². The number of carbonyl (C=O) groups excluding carboxylic acids is 3. The number of halogens is 1. The summed E-state index contributed by atoms with van der Waals surface area (Å²) in [6.45, 7) is 0.195. The molecule has 2 aromatic heterocycles. The van der Waals surface area contributed by atoms with Crippen LogP contribution in [0, 0.1) is 5.82 Å². The second kappa shape index (κ2) is 10.2. The van der Waals surface area contributed by atoms with Crippen molar-refractivity contribution >= 4 is 34.9 Å². The van der Waals surface area contributed by atoms with Crippen LogP contribution >= 0.6 is 11.8 Å². The van der Waals surface area contributed by atoms with Crippen molar-refractivity contribution in [3.05, 3.63) is 77.2 Å². The summed E-state index contributed by atoms with van der Waals surface area (Å²) in [5, 5.41) is 2.30. The Kier molecular flexibility index (Phi) is 6.94. The molecule has 1 saturated heterocycles. The topological polar surface area (TPSA) is 105 Å². The lowest BCUT2D eigenvalue weighted by Gasteiger charge is -2.12. The molecule has 1 aliphatic heterocycles. The number of benzene rings is 1. The summed E-state index contributed by atoms with van der Waals surface area (Å²) in [6.07, 6.45) is 6.58. The van der Waals surface area contributed by atoms with Gasteiger partial charge in [0.1, 0.15) is 5.82 Å². The molecule has 0 atom stereocenters. The highest BCUT2D eigenvalue weighted by atomic mass is 32.2. The predicted octanol–water partition coefficient (Wildman–Crippen LogP) is 3.66. The summed E-state index contributed by atoms with van der Waals surface area (Å²) in [5.74, 6) is -0.486. The number of imide groups is 1. The van der Waals surface area contributed by atoms with Gasteiger partial charge in [0, 0.05) is 38.3 Å². The molecule has 0 spiro atoms. The van der Waals surface area contributed by atoms with Crippen LogP contribution in [-0.2, 0) is 16.0 Å². The first-order chi connectivity index (χ1) is 16.0. The largest absolute Gasteiger partial charge is 0.441 e. The van der Waals surface area contributed by atoms with Gasteiger partial charge < -0.3 is 9.73 Å². The maximum absolute atomic E-state index is 13.8. The quantitative estimate of drug-likeness (QED) is 0.505. The molecule has 0 bridgehead atoms. The van der Waals surface area contributed by atoms with Crippen LogP contribution in [0.3, 0.4) is 0 Å². The van der Waals surface area contributed by atoms with E-state index in [9.17, 15) is 18.8 Å². The second-order valence-electron chi connectivity index (χ2n) is 7.07. The number of nitrogens with zero attached hydrogens (tertiary/aromatic N) is 3. The van der Waals surface area contributed by atoms with Crippen molar-refractivity contribution in [1.29, 1.82) is 0 Å². The summed E-state index contributed by atoms with van der Waals surface area (Å²) in [5.41, 5.74) is 1.02. The van der Waals surface area contributed by atoms with E-state index in [1.807, 2.05) is 0 Å². The number of carbonyl (C=O) groups is 3. The Bertz CT molecular complexity index is 1210. The van der Waals surface area contributed by atoms with Gasteiger partial charge in [-0.1, -0.05) is 18.2 Å². The molecule has 3 amide bonds. The van der Waals surface area contributed by atoms with Gasteiger partial charge >= 0.3 is 0 Å². The molecule has 0 unspecified atom stereocenters. The fourth-order valence-electron chi connectivity index (χ4n) is 3.13. The number of hydrogen-bond acceptors (Lipinski definition) is 7. The van der Waals surface area contributed by atoms with Crippen LogP contribution in [0.15, 0.2) is 64.3 Å². The van der Waals surface area contributed by atoms with E-state index in [1.54, 1.807) is 48.8 Å². The second-order valence-corrected chi connectivity index (χ2v) is 8.06. The van der Waals surface area contributed by atoms with E-state index in [4.69, 9.17) is 4.42 Å². The maximum Gasteiger partial charge on any atom is 0.293 e. The number of aryl methyl sites for hydroxylation is 1. The Hall–Kier alpha value is -3.79. The average Bonchev–Trinajstić information content (AvgIpc) is 3.39. The zero-order chi connectivity index (χ0) is 23.2. The van der Waals surface area contributed by atoms with Crippen molar-refractivity contribution in [1.82, 2.24) is 20.2 Å². The molecule has 1 aromatic carbocycles. The third kappa shape index (κ3) is 5.53. The molecule has 4 rings (SSSR count). The minimum Gasteiger partial charge on any atom is -0.441 e. The van der Waals surface area contributed by atoms with Crippen LogP contribution in [0.1, 0.15) is 17.9 Å². The summed E-state index contributed by atoms with van der Waals surface area (Å²) in [6, 6.07) is 9.72. The number of aromatic nitrogens is 2. The molecule has 0 saturated carbocycles. The van der Waals surface area contributed by atoms with Gasteiger partial charge in [0.25, 0.3) is 11.1 Å². The molecule has 168 valence electrons. The molecule has 1 fully saturated rings. The molecular weight excluding hydrogens is 447 g/mol. The third-order valence-corrected chi connectivity index (χ3v) is 5.68. The van der Waals surface area contributed by atoms with Gasteiger partial charge in [0.15, 0.2) is 11.7 Å². The highest BCUT2D eigenvalue weighted by Gasteiger charge is 2.34. The smallest absolute Gasteiger partial charge is 0.293 e. The average molecular weight is 466 g/mol. The molecule has 1 N–H and O–H groups in total. The Morgan fingerprint density at radius 1 is 1.18 bits per heavy atom. The highest BCUT2D eigenvalue weighted by molar-refractivity contribution is 8.18. The van der Waals surface area contributed by atoms with Gasteiger partial charge in [0.05, 0.1) is 16.7 Å². The number of pyridine rings is 1. The van der Waals surface area contributed by atoms with Crippen LogP contribution in [0.4, 0.5) is 9.18 Å². The number of thioether (sulfide) groups is 1. The van der Waals surface area contributed by atoms with Gasteiger partial charge in [-0.05, 0) is 41.6 Å². The Morgan fingerprint density at radius 2 is 2.03 bits per heavy atom. The summed E-state index contributed by atoms with van der Waals surface area (Å²) in [7, 11) is 0. The van der Waals surface area contributed by atoms with E-state index in [0.717, 1.165) is 22.2 Å². The molecule has 0 radical (unpaired) electrons. The number of rotatable bonds is 8. The molecule has 10 heteroatoms. The fraction of sp³-hybridized carbons (Fsp3) is 0.174. The fourth-order valence-corrected chi connectivity index (χ4v) is 4.00. The highest BCUT2D eigenvalue weighted by Crippen LogP contribution is 2.31. The van der Waals surface area contributed by atoms with Gasteiger partial charge in [-0.2, -0.15) is 0 Å². The monoisotopic (exact) mass is 466 g/mol. The lowest BCUT2D eigenvalue weighted by Crippen LogP contribution is -2.37. The van der Waals surface area contributed by atoms with Crippen molar-refractivity contribution in [3.63, 3.8) is 0 Å². The van der Waals surface area contributed by atoms with E-state index in [0.29, 0.717) is 22.1 Å². The first-order valence-electron chi connectivity index (χ1n) is 10.1. The Balaban J connectivity index is 1.24. The number of hydrogen-bond donors (Lipinski definition) is 1. The van der Waals surface area contributed by atoms with Crippen molar-refractivity contribution in [2.75, 3.05) is 13.1 Å². The Morgan fingerprint density at radius 3 is 2.82 bits per heavy atom. The number of amides is 3. The normalized spacial score (nSPS) is 14.8. The molecule has 8 nitrogen and oxygen atoms in total. The van der Waals surface area contributed by atoms with Crippen molar-refractivity contribution < 1.29 is 23.2 Å². The zero-order valence-corrected chi connectivity index (χ0v) is 18.2. The molecule has 3 heterocycles. The van der Waals surface area contributed by atoms with Crippen LogP contribution in [0.2, 0.25) is 0 Å². The van der Waals surface area contributed by atoms with Gasteiger partial charge in [-0.3, -0.25) is 24.3 Å². The zero-order valence-electron chi connectivity index (χ0n) is 17.4. The van der Waals surface area contributed by atoms with Crippen molar-refractivity contribution in [2.45, 2.75) is 12.8 Å². The molecular formula is C23H19FN4O4S. The van der Waals surface area contributed by atoms with E-state index >= 15 is 0 Å². The van der Waals surface area contributed by atoms with Crippen molar-refractivity contribution in [3.8, 4) is 11.3 Å². The SMILES string of the molecule is O=C(CCc1ncc(-c2ccccc2F)o1)NCCN1C(=O)S/C(=C\c2cccnc2)C1=O. The lowest BCUT2D eigenvalue weighted by atomic mass is 10.2. The Labute approximate surface area is 192 Å². The third-order valence-electron chi connectivity index (χ3n) is 4.77. The minimum atomic E-state index is -0.416. The van der Waals surface area contributed by atoms with E-state index in [1.165, 1.54) is 12.3 Å². The minimum absolute atomic E-state index is 0.0667. The van der Waals surface area contributed by atoms with Crippen LogP contribution in [0.5, 0.6) is 0 Å². The maximum atomic E-state index is 13.8. The molecule has 1 aliphatic rings. The van der Waals surface area contributed by atoms with Gasteiger partial charge in [-0.15, -0.1) is 0 Å². The first-order valence-corrected chi connectivity index (χ1v) is 10.9. The summed E-state index contributed by atoms with van der Waals surface area (Å²) < 4.78 is 19.4. The molecule has 33 heavy (non-hydrogen) atoms. The van der Waals surface area contributed by atoms with Crippen LogP contribution < -0.4 is 5.32 Å². The lowest BCUT2D eigenvalue weighted by molar-refractivity contribution is -0.124. The standard InChI is InChI=1S/C23H19FN4O4S/c24-17-6-2-1-5-16(17)18-14-27-21(32-18)8-7-20(29)26-10-11-28-22(30)19(33-23(28)31)12-15-4-3-9-25-13-15/h1-6,9,12-14H,7-8,10-11H2,(H,26,29)/b19-12-. The summed E-state index contributed by atoms with van der Waals surface area (Å²) >= 11 is 0.855. The van der Waals surface area contributed by atoms with E-state index in [-0.39, 0.29) is 37.1 Å². The predicted molar refractivity (Wildman–Crippen MR) is 120 cm³/mol. The molecule has 3 aromatic rings. The number of nitrogens with one attached hydrogen (secondary N) is 1. The van der Waals surface area contributed by atoms with E-state index in [2.05, 4.69) is 15.3 Å². The molecule has 0 aliphatic carbocycles.